The van der Waals surface area contributed by atoms with Gasteiger partial charge in [0.2, 0.25) is 20.6 Å². The number of ether oxygens (including phenoxy) is 2. The highest BCUT2D eigenvalue weighted by molar-refractivity contribution is 7.73. The van der Waals surface area contributed by atoms with Crippen molar-refractivity contribution in [1.29, 1.82) is 0 Å². The summed E-state index contributed by atoms with van der Waals surface area (Å²) in [6, 6.07) is 0. The van der Waals surface area contributed by atoms with Crippen molar-refractivity contribution in [2.24, 2.45) is 0 Å². The first-order valence-corrected chi connectivity index (χ1v) is 8.59. The number of unbranched alkanes of at least 4 members (excludes halogenated alkanes) is 1. The third kappa shape index (κ3) is 11.2. The van der Waals surface area contributed by atoms with Crippen molar-refractivity contribution in [2.45, 2.75) is 39.5 Å². The van der Waals surface area contributed by atoms with Gasteiger partial charge >= 0.3 is 0 Å². The largest absolute Gasteiger partial charge is 0.381 e. The zero-order valence-electron chi connectivity index (χ0n) is 11.9. The molecule has 0 atom stereocenters. The van der Waals surface area contributed by atoms with Crippen molar-refractivity contribution in [1.82, 2.24) is 0 Å². The van der Waals surface area contributed by atoms with E-state index in [1.165, 1.54) is 0 Å². The van der Waals surface area contributed by atoms with Crippen molar-refractivity contribution in [2.75, 3.05) is 26.4 Å². The molecule has 0 unspecified atom stereocenters. The Labute approximate surface area is 123 Å². The lowest BCUT2D eigenvalue weighted by atomic mass is 10.3. The average Bonchev–Trinajstić information content (AvgIpc) is 2.39. The van der Waals surface area contributed by atoms with E-state index >= 15 is 0 Å². The van der Waals surface area contributed by atoms with Gasteiger partial charge in [-0.2, -0.15) is 16.8 Å². The van der Waals surface area contributed by atoms with Gasteiger partial charge in [-0.05, 0) is 26.7 Å². The lowest BCUT2D eigenvalue weighted by Gasteiger charge is -2.04. The van der Waals surface area contributed by atoms with Crippen LogP contribution in [0.2, 0.25) is 0 Å². The molecule has 0 spiro atoms. The topological polar surface area (TPSA) is 86.7 Å². The molecule has 0 fully saturated rings. The number of hydrogen-bond donors (Lipinski definition) is 0. The van der Waals surface area contributed by atoms with Crippen LogP contribution in [0.3, 0.4) is 0 Å². The molecule has 20 heavy (non-hydrogen) atoms. The van der Waals surface area contributed by atoms with Crippen LogP contribution in [0.25, 0.3) is 0 Å². The molecule has 0 saturated carbocycles. The standard InChI is InChI=1S/C12H22O6S2/c1-11(19(13)14)5-9-17-7-3-4-8-18-10-6-12(2)20(15)16/h3-10H2,1-2H3. The van der Waals surface area contributed by atoms with Crippen LogP contribution in [0.15, 0.2) is 0 Å². The minimum atomic E-state index is -2.11. The van der Waals surface area contributed by atoms with Crippen molar-refractivity contribution in [3.8, 4) is 0 Å². The number of hydrogen-bond acceptors (Lipinski definition) is 6. The highest BCUT2D eigenvalue weighted by Gasteiger charge is 1.96. The molecule has 0 N–H and O–H groups in total. The van der Waals surface area contributed by atoms with Crippen LogP contribution in [0.5, 0.6) is 0 Å². The molecule has 0 radical (unpaired) electrons. The third-order valence-electron chi connectivity index (χ3n) is 2.59. The molecule has 0 aromatic rings. The maximum atomic E-state index is 10.5. The smallest absolute Gasteiger partial charge is 0.212 e. The summed E-state index contributed by atoms with van der Waals surface area (Å²) in [7, 11) is -4.22. The van der Waals surface area contributed by atoms with Gasteiger partial charge in [-0.3, -0.25) is 0 Å². The van der Waals surface area contributed by atoms with E-state index in [2.05, 4.69) is 0 Å². The Hall–Kier alpha value is -0.700. The molecule has 0 aliphatic rings. The van der Waals surface area contributed by atoms with E-state index < -0.39 is 20.6 Å². The fraction of sp³-hybridized carbons (Fsp3) is 0.833. The van der Waals surface area contributed by atoms with Crippen molar-refractivity contribution >= 4 is 30.3 Å². The molecule has 0 aromatic heterocycles. The molecule has 0 aliphatic heterocycles. The van der Waals surface area contributed by atoms with Crippen molar-refractivity contribution < 1.29 is 26.3 Å². The van der Waals surface area contributed by atoms with Crippen LogP contribution < -0.4 is 0 Å². The summed E-state index contributed by atoms with van der Waals surface area (Å²) in [6.45, 7) is 5.08. The van der Waals surface area contributed by atoms with Crippen molar-refractivity contribution in [3.05, 3.63) is 0 Å². The molecule has 0 rings (SSSR count). The van der Waals surface area contributed by atoms with E-state index in [1.54, 1.807) is 13.8 Å². The van der Waals surface area contributed by atoms with Gasteiger partial charge < -0.3 is 9.47 Å². The van der Waals surface area contributed by atoms with Gasteiger partial charge in [0, 0.05) is 35.8 Å². The van der Waals surface area contributed by atoms with Crippen molar-refractivity contribution in [3.63, 3.8) is 0 Å². The molecule has 0 heterocycles. The van der Waals surface area contributed by atoms with Gasteiger partial charge in [-0.25, -0.2) is 0 Å². The molecular weight excluding hydrogens is 304 g/mol. The van der Waals surface area contributed by atoms with Crippen LogP contribution >= 0.6 is 0 Å². The number of rotatable bonds is 11. The minimum absolute atomic E-state index is 0.399. The van der Waals surface area contributed by atoms with E-state index in [4.69, 9.17) is 9.47 Å². The molecule has 8 heteroatoms. The summed E-state index contributed by atoms with van der Waals surface area (Å²) < 4.78 is 52.6. The summed E-state index contributed by atoms with van der Waals surface area (Å²) >= 11 is 0. The first-order chi connectivity index (χ1) is 9.45. The Morgan fingerprint density at radius 3 is 1.35 bits per heavy atom. The SMILES string of the molecule is CC(CCOCCCCOCCC(C)=S(=O)=O)=S(=O)=O. The normalized spacial score (nSPS) is 10.3. The van der Waals surface area contributed by atoms with E-state index in [-0.39, 0.29) is 0 Å². The van der Waals surface area contributed by atoms with Gasteiger partial charge in [0.1, 0.15) is 0 Å². The highest BCUT2D eigenvalue weighted by atomic mass is 32.2. The summed E-state index contributed by atoms with van der Waals surface area (Å²) in [5, 5.41) is 0. The second-order valence-electron chi connectivity index (χ2n) is 4.31. The van der Waals surface area contributed by atoms with Gasteiger partial charge in [0.15, 0.2) is 0 Å². The maximum Gasteiger partial charge on any atom is 0.212 e. The van der Waals surface area contributed by atoms with Gasteiger partial charge in [-0.1, -0.05) is 0 Å². The zero-order valence-corrected chi connectivity index (χ0v) is 13.6. The van der Waals surface area contributed by atoms with Crippen LogP contribution in [0.1, 0.15) is 39.5 Å². The summed E-state index contributed by atoms with van der Waals surface area (Å²) in [5.74, 6) is 0. The van der Waals surface area contributed by atoms with Crippen LogP contribution in [-0.4, -0.2) is 53.0 Å². The summed E-state index contributed by atoms with van der Waals surface area (Å²) in [4.78, 5) is 0.798. The molecule has 0 aromatic carbocycles. The molecule has 0 saturated heterocycles. The molecular formula is C12H22O6S2. The first kappa shape index (κ1) is 19.3. The van der Waals surface area contributed by atoms with E-state index in [0.29, 0.717) is 49.0 Å². The fourth-order valence-electron chi connectivity index (χ4n) is 1.21. The fourth-order valence-corrected chi connectivity index (χ4v) is 1.71. The van der Waals surface area contributed by atoms with Crippen LogP contribution in [0.4, 0.5) is 0 Å². The van der Waals surface area contributed by atoms with E-state index in [9.17, 15) is 16.8 Å². The van der Waals surface area contributed by atoms with Gasteiger partial charge in [0.05, 0.1) is 13.2 Å². The first-order valence-electron chi connectivity index (χ1n) is 6.44. The third-order valence-corrected chi connectivity index (χ3v) is 4.14. The lowest BCUT2D eigenvalue weighted by Crippen LogP contribution is -2.05. The molecule has 6 nitrogen and oxygen atoms in total. The minimum Gasteiger partial charge on any atom is -0.381 e. The van der Waals surface area contributed by atoms with Crippen LogP contribution in [-0.2, 0) is 30.1 Å². The second-order valence-corrected chi connectivity index (χ2v) is 6.64. The molecule has 0 amide bonds. The highest BCUT2D eigenvalue weighted by Crippen LogP contribution is 1.95. The Kier molecular flexibility index (Phi) is 11.6. The zero-order chi connectivity index (χ0) is 15.4. The lowest BCUT2D eigenvalue weighted by molar-refractivity contribution is 0.109. The quantitative estimate of drug-likeness (QED) is 0.411. The molecule has 0 aliphatic carbocycles. The Morgan fingerprint density at radius 1 is 0.700 bits per heavy atom. The molecule has 118 valence electrons. The van der Waals surface area contributed by atoms with Gasteiger partial charge in [-0.15, -0.1) is 0 Å². The second kappa shape index (κ2) is 12.1. The predicted molar refractivity (Wildman–Crippen MR) is 79.3 cm³/mol. The maximum absolute atomic E-state index is 10.5. The Balaban J connectivity index is 3.38. The molecule has 0 bridgehead atoms. The average molecular weight is 326 g/mol. The monoisotopic (exact) mass is 326 g/mol. The predicted octanol–water partition coefficient (Wildman–Crippen LogP) is 0.723. The van der Waals surface area contributed by atoms with Crippen LogP contribution in [0, 0.1) is 0 Å². The Bertz CT molecular complexity index is 464. The van der Waals surface area contributed by atoms with E-state index in [1.807, 2.05) is 0 Å². The van der Waals surface area contributed by atoms with E-state index in [0.717, 1.165) is 12.8 Å². The Morgan fingerprint density at radius 2 is 1.05 bits per heavy atom. The van der Waals surface area contributed by atoms with Gasteiger partial charge in [0.25, 0.3) is 0 Å². The summed E-state index contributed by atoms with van der Waals surface area (Å²) in [5.41, 5.74) is 0. The summed E-state index contributed by atoms with van der Waals surface area (Å²) in [6.07, 6.45) is 2.51.